The van der Waals surface area contributed by atoms with Gasteiger partial charge in [0.1, 0.15) is 5.75 Å². The molecular weight excluding hydrogens is 376 g/mol. The molecule has 0 aliphatic heterocycles. The van der Waals surface area contributed by atoms with Crippen LogP contribution < -0.4 is 10.3 Å². The van der Waals surface area contributed by atoms with Crippen LogP contribution >= 0.6 is 0 Å². The van der Waals surface area contributed by atoms with E-state index in [9.17, 15) is 4.79 Å². The zero-order valence-corrected chi connectivity index (χ0v) is 16.7. The molecule has 3 heterocycles. The van der Waals surface area contributed by atoms with E-state index in [4.69, 9.17) is 9.84 Å². The van der Waals surface area contributed by atoms with Crippen molar-refractivity contribution in [3.63, 3.8) is 0 Å². The molecule has 148 valence electrons. The molecule has 3 aromatic heterocycles. The van der Waals surface area contributed by atoms with E-state index < -0.39 is 0 Å². The Bertz CT molecular complexity index is 1430. The highest BCUT2D eigenvalue weighted by Crippen LogP contribution is 2.29. The van der Waals surface area contributed by atoms with Crippen LogP contribution in [0.2, 0.25) is 0 Å². The summed E-state index contributed by atoms with van der Waals surface area (Å²) in [7, 11) is 1.61. The number of aryl methyl sites for hydroxylation is 1. The molecule has 0 saturated heterocycles. The molecular formula is C24H20N4O2. The maximum Gasteiger partial charge on any atom is 0.266 e. The van der Waals surface area contributed by atoms with Crippen LogP contribution in [0.5, 0.6) is 5.75 Å². The first-order valence-electron chi connectivity index (χ1n) is 9.83. The van der Waals surface area contributed by atoms with Crippen LogP contribution in [0.4, 0.5) is 0 Å². The zero-order chi connectivity index (χ0) is 20.7. The van der Waals surface area contributed by atoms with Gasteiger partial charge in [-0.3, -0.25) is 9.36 Å². The van der Waals surface area contributed by atoms with Gasteiger partial charge in [0, 0.05) is 24.0 Å². The van der Waals surface area contributed by atoms with Crippen LogP contribution in [0.15, 0.2) is 77.9 Å². The van der Waals surface area contributed by atoms with Crippen LogP contribution in [0, 0.1) is 0 Å². The lowest BCUT2D eigenvalue weighted by Crippen LogP contribution is -2.18. The maximum absolute atomic E-state index is 13.2. The molecule has 6 nitrogen and oxygen atoms in total. The summed E-state index contributed by atoms with van der Waals surface area (Å²) in [6, 6.07) is 19.4. The Hall–Kier alpha value is -3.93. The van der Waals surface area contributed by atoms with E-state index in [1.54, 1.807) is 28.6 Å². The lowest BCUT2D eigenvalue weighted by Gasteiger charge is -2.09. The fourth-order valence-electron chi connectivity index (χ4n) is 3.83. The summed E-state index contributed by atoms with van der Waals surface area (Å²) in [6.07, 6.45) is 4.20. The lowest BCUT2D eigenvalue weighted by atomic mass is 10.0. The van der Waals surface area contributed by atoms with Crippen molar-refractivity contribution >= 4 is 16.6 Å². The van der Waals surface area contributed by atoms with Crippen LogP contribution in [-0.2, 0) is 6.42 Å². The molecule has 30 heavy (non-hydrogen) atoms. The topological polar surface area (TPSA) is 61.4 Å². The van der Waals surface area contributed by atoms with Crippen molar-refractivity contribution in [1.82, 2.24) is 19.2 Å². The molecule has 0 spiro atoms. The monoisotopic (exact) mass is 396 g/mol. The quantitative estimate of drug-likeness (QED) is 0.455. The van der Waals surface area contributed by atoms with Gasteiger partial charge < -0.3 is 4.74 Å². The second kappa shape index (κ2) is 7.15. The molecule has 0 aliphatic rings. The van der Waals surface area contributed by atoms with Gasteiger partial charge in [0.05, 0.1) is 29.4 Å². The van der Waals surface area contributed by atoms with Gasteiger partial charge in [-0.05, 0) is 30.2 Å². The van der Waals surface area contributed by atoms with Crippen LogP contribution in [0.3, 0.4) is 0 Å². The van der Waals surface area contributed by atoms with Crippen molar-refractivity contribution in [1.29, 1.82) is 0 Å². The van der Waals surface area contributed by atoms with Gasteiger partial charge in [0.25, 0.3) is 5.56 Å². The first-order valence-corrected chi connectivity index (χ1v) is 9.83. The molecule has 2 aromatic carbocycles. The molecule has 0 radical (unpaired) electrons. The number of pyridine rings is 1. The van der Waals surface area contributed by atoms with Crippen molar-refractivity contribution < 1.29 is 4.74 Å². The number of hydrogen-bond acceptors (Lipinski definition) is 4. The summed E-state index contributed by atoms with van der Waals surface area (Å²) in [6.45, 7) is 2.08. The molecule has 0 atom stereocenters. The summed E-state index contributed by atoms with van der Waals surface area (Å²) < 4.78 is 8.67. The van der Waals surface area contributed by atoms with Gasteiger partial charge in [-0.1, -0.05) is 43.3 Å². The van der Waals surface area contributed by atoms with Crippen molar-refractivity contribution in [2.45, 2.75) is 13.3 Å². The van der Waals surface area contributed by atoms with E-state index in [-0.39, 0.29) is 5.56 Å². The molecule has 5 aromatic rings. The van der Waals surface area contributed by atoms with Gasteiger partial charge in [-0.15, -0.1) is 0 Å². The molecule has 0 aliphatic carbocycles. The third-order valence-corrected chi connectivity index (χ3v) is 5.31. The fourth-order valence-corrected chi connectivity index (χ4v) is 3.83. The minimum atomic E-state index is -0.148. The Morgan fingerprint density at radius 3 is 2.63 bits per heavy atom. The Labute approximate surface area is 173 Å². The number of aromatic nitrogens is 4. The van der Waals surface area contributed by atoms with Crippen molar-refractivity contribution in [3.05, 3.63) is 89.1 Å². The molecule has 0 saturated carbocycles. The molecule has 0 fully saturated rings. The van der Waals surface area contributed by atoms with E-state index in [1.807, 2.05) is 48.5 Å². The average Bonchev–Trinajstić information content (AvgIpc) is 3.19. The highest BCUT2D eigenvalue weighted by molar-refractivity contribution is 5.86. The number of hydrogen-bond donors (Lipinski definition) is 0. The van der Waals surface area contributed by atoms with Gasteiger partial charge in [-0.25, -0.2) is 9.50 Å². The highest BCUT2D eigenvalue weighted by Gasteiger charge is 2.17. The second-order valence-corrected chi connectivity index (χ2v) is 7.03. The van der Waals surface area contributed by atoms with E-state index >= 15 is 0 Å². The Morgan fingerprint density at radius 2 is 1.87 bits per heavy atom. The Kier molecular flexibility index (Phi) is 4.32. The van der Waals surface area contributed by atoms with E-state index in [0.717, 1.165) is 40.1 Å². The lowest BCUT2D eigenvalue weighted by molar-refractivity contribution is 0.414. The van der Waals surface area contributed by atoms with Gasteiger partial charge >= 0.3 is 0 Å². The molecule has 5 rings (SSSR count). The summed E-state index contributed by atoms with van der Waals surface area (Å²) in [5, 5.41) is 5.30. The van der Waals surface area contributed by atoms with Crippen LogP contribution in [0.25, 0.3) is 33.4 Å². The molecule has 0 amide bonds. The second-order valence-electron chi connectivity index (χ2n) is 7.03. The van der Waals surface area contributed by atoms with Crippen molar-refractivity contribution in [2.75, 3.05) is 7.11 Å². The number of benzene rings is 2. The summed E-state index contributed by atoms with van der Waals surface area (Å²) in [5.41, 5.74) is 5.12. The first-order chi connectivity index (χ1) is 14.7. The first kappa shape index (κ1) is 18.1. The summed E-state index contributed by atoms with van der Waals surface area (Å²) >= 11 is 0. The number of fused-ring (bicyclic) bond motifs is 3. The van der Waals surface area contributed by atoms with Gasteiger partial charge in [0.15, 0.2) is 5.65 Å². The third kappa shape index (κ3) is 2.76. The Balaban J connectivity index is 1.77. The number of methoxy groups -OCH3 is 1. The standard InChI is InChI=1S/C24H20N4O2/c1-3-20-22(16-8-5-4-6-9-16)23-25-15-19-21(28(23)26-20)12-13-27(24(19)29)17-10-7-11-18(14-17)30-2/h4-15H,3H2,1-2H3. The van der Waals surface area contributed by atoms with Crippen LogP contribution in [-0.4, -0.2) is 26.3 Å². The minimum absolute atomic E-state index is 0.148. The predicted molar refractivity (Wildman–Crippen MR) is 117 cm³/mol. The average molecular weight is 396 g/mol. The largest absolute Gasteiger partial charge is 0.497 e. The van der Waals surface area contributed by atoms with Crippen molar-refractivity contribution in [3.8, 4) is 22.6 Å². The van der Waals surface area contributed by atoms with Gasteiger partial charge in [0.2, 0.25) is 0 Å². The third-order valence-electron chi connectivity index (χ3n) is 5.31. The predicted octanol–water partition coefficient (Wildman–Crippen LogP) is 4.27. The maximum atomic E-state index is 13.2. The van der Waals surface area contributed by atoms with E-state index in [0.29, 0.717) is 11.1 Å². The normalized spacial score (nSPS) is 11.3. The zero-order valence-electron chi connectivity index (χ0n) is 16.7. The Morgan fingerprint density at radius 1 is 1.03 bits per heavy atom. The number of rotatable bonds is 4. The smallest absolute Gasteiger partial charge is 0.266 e. The highest BCUT2D eigenvalue weighted by atomic mass is 16.5. The molecule has 0 N–H and O–H groups in total. The number of ether oxygens (including phenoxy) is 1. The van der Waals surface area contributed by atoms with Crippen LogP contribution in [0.1, 0.15) is 12.6 Å². The fraction of sp³-hybridized carbons (Fsp3) is 0.125. The minimum Gasteiger partial charge on any atom is -0.497 e. The molecule has 0 bridgehead atoms. The van der Waals surface area contributed by atoms with Gasteiger partial charge in [-0.2, -0.15) is 5.10 Å². The summed E-state index contributed by atoms with van der Waals surface area (Å²) in [5.74, 6) is 0.695. The van der Waals surface area contributed by atoms with E-state index in [2.05, 4.69) is 24.0 Å². The molecule has 0 unspecified atom stereocenters. The SMILES string of the molecule is CCc1nn2c(ncc3c(=O)n(-c4cccc(OC)c4)ccc32)c1-c1ccccc1. The number of nitrogens with zero attached hydrogens (tertiary/aromatic N) is 4. The summed E-state index contributed by atoms with van der Waals surface area (Å²) in [4.78, 5) is 17.9. The van der Waals surface area contributed by atoms with E-state index in [1.165, 1.54) is 0 Å². The van der Waals surface area contributed by atoms with Crippen molar-refractivity contribution in [2.24, 2.45) is 0 Å². The molecule has 6 heteroatoms.